The van der Waals surface area contributed by atoms with Gasteiger partial charge in [0, 0.05) is 6.20 Å². The molecule has 0 fully saturated rings. The van der Waals surface area contributed by atoms with E-state index in [4.69, 9.17) is 5.11 Å². The zero-order chi connectivity index (χ0) is 13.9. The molecule has 18 heavy (non-hydrogen) atoms. The first-order valence-electron chi connectivity index (χ1n) is 5.11. The van der Waals surface area contributed by atoms with Crippen LogP contribution in [0.25, 0.3) is 0 Å². The third-order valence-electron chi connectivity index (χ3n) is 2.38. The van der Waals surface area contributed by atoms with Gasteiger partial charge in [-0.05, 0) is 22.9 Å². The fraction of sp³-hybridized carbons (Fsp3) is 0.500. The van der Waals surface area contributed by atoms with Crippen molar-refractivity contribution in [1.82, 2.24) is 9.13 Å². The first-order valence-corrected chi connectivity index (χ1v) is 5.90. The molecule has 0 spiro atoms. The largest absolute Gasteiger partial charge is 0.468 e. The second-order valence-electron chi connectivity index (χ2n) is 3.67. The molecule has 0 radical (unpaired) electrons. The number of carbonyl (C=O) groups excluding carboxylic acids is 1. The molecule has 1 atom stereocenters. The smallest absolute Gasteiger partial charge is 0.331 e. The number of ether oxygens (including phenoxy) is 1. The molecule has 0 bridgehead atoms. The molecule has 0 aromatic carbocycles. The van der Waals surface area contributed by atoms with Crippen molar-refractivity contribution in [2.45, 2.75) is 19.5 Å². The Balaban J connectivity index is 3.40. The second-order valence-corrected chi connectivity index (χ2v) is 4.52. The number of hydrogen-bond acceptors (Lipinski definition) is 5. The molecule has 0 aliphatic heterocycles. The molecule has 0 aliphatic rings. The molecule has 0 amide bonds. The SMILES string of the molecule is COC(=O)Cn1cc(Br)c(=O)n([C@@H](C)CO)c1=O. The predicted octanol–water partition coefficient (Wildman–Crippen LogP) is -0.501. The van der Waals surface area contributed by atoms with Crippen LogP contribution in [-0.4, -0.2) is 33.9 Å². The zero-order valence-electron chi connectivity index (χ0n) is 9.92. The Kier molecular flexibility index (Phi) is 4.85. The van der Waals surface area contributed by atoms with Crippen LogP contribution in [0.1, 0.15) is 13.0 Å². The summed E-state index contributed by atoms with van der Waals surface area (Å²) in [6.07, 6.45) is 1.22. The van der Waals surface area contributed by atoms with Gasteiger partial charge in [0.05, 0.1) is 24.2 Å². The molecular formula is C10H13BrN2O5. The average Bonchev–Trinajstić information content (AvgIpc) is 2.35. The lowest BCUT2D eigenvalue weighted by Crippen LogP contribution is -2.43. The van der Waals surface area contributed by atoms with E-state index >= 15 is 0 Å². The average molecular weight is 321 g/mol. The van der Waals surface area contributed by atoms with E-state index in [0.717, 1.165) is 9.13 Å². The Bertz CT molecular complexity index is 562. The molecule has 100 valence electrons. The third-order valence-corrected chi connectivity index (χ3v) is 2.92. The molecule has 0 saturated carbocycles. The van der Waals surface area contributed by atoms with Crippen LogP contribution < -0.4 is 11.2 Å². The van der Waals surface area contributed by atoms with Crippen molar-refractivity contribution in [2.24, 2.45) is 0 Å². The minimum Gasteiger partial charge on any atom is -0.468 e. The van der Waals surface area contributed by atoms with Crippen molar-refractivity contribution in [1.29, 1.82) is 0 Å². The summed E-state index contributed by atoms with van der Waals surface area (Å²) in [5.41, 5.74) is -1.22. The van der Waals surface area contributed by atoms with Gasteiger partial charge in [-0.2, -0.15) is 0 Å². The maximum Gasteiger partial charge on any atom is 0.331 e. The highest BCUT2D eigenvalue weighted by Gasteiger charge is 2.16. The molecule has 0 saturated heterocycles. The number of esters is 1. The number of rotatable bonds is 4. The van der Waals surface area contributed by atoms with Crippen LogP contribution in [-0.2, 0) is 16.1 Å². The number of nitrogens with zero attached hydrogens (tertiary/aromatic N) is 2. The number of aliphatic hydroxyl groups excluding tert-OH is 1. The number of methoxy groups -OCH3 is 1. The highest BCUT2D eigenvalue weighted by atomic mass is 79.9. The van der Waals surface area contributed by atoms with Crippen LogP contribution in [0, 0.1) is 0 Å². The zero-order valence-corrected chi connectivity index (χ0v) is 11.5. The summed E-state index contributed by atoms with van der Waals surface area (Å²) in [5, 5.41) is 9.03. The normalized spacial score (nSPS) is 12.2. The van der Waals surface area contributed by atoms with Crippen molar-refractivity contribution in [3.05, 3.63) is 31.5 Å². The summed E-state index contributed by atoms with van der Waals surface area (Å²) >= 11 is 3.01. The number of aliphatic hydroxyl groups is 1. The fourth-order valence-corrected chi connectivity index (χ4v) is 1.81. The van der Waals surface area contributed by atoms with Crippen LogP contribution in [0.15, 0.2) is 20.3 Å². The molecule has 7 nitrogen and oxygen atoms in total. The molecule has 8 heteroatoms. The Morgan fingerprint density at radius 2 is 2.17 bits per heavy atom. The van der Waals surface area contributed by atoms with Gasteiger partial charge in [-0.1, -0.05) is 0 Å². The van der Waals surface area contributed by atoms with E-state index in [-0.39, 0.29) is 17.6 Å². The Morgan fingerprint density at radius 3 is 2.67 bits per heavy atom. The second kappa shape index (κ2) is 5.96. The van der Waals surface area contributed by atoms with Crippen molar-refractivity contribution >= 4 is 21.9 Å². The van der Waals surface area contributed by atoms with E-state index < -0.39 is 23.3 Å². The van der Waals surface area contributed by atoms with Gasteiger partial charge in [0.2, 0.25) is 0 Å². The lowest BCUT2D eigenvalue weighted by atomic mass is 10.3. The lowest BCUT2D eigenvalue weighted by Gasteiger charge is -2.14. The first kappa shape index (κ1) is 14.7. The molecular weight excluding hydrogens is 308 g/mol. The van der Waals surface area contributed by atoms with E-state index in [1.807, 2.05) is 0 Å². The summed E-state index contributed by atoms with van der Waals surface area (Å²) in [7, 11) is 1.20. The Labute approximate surface area is 111 Å². The van der Waals surface area contributed by atoms with Gasteiger partial charge < -0.3 is 9.84 Å². The topological polar surface area (TPSA) is 90.5 Å². The van der Waals surface area contributed by atoms with Gasteiger partial charge in [-0.25, -0.2) is 4.79 Å². The number of aromatic nitrogens is 2. The van der Waals surface area contributed by atoms with E-state index in [2.05, 4.69) is 20.7 Å². The van der Waals surface area contributed by atoms with Crippen LogP contribution in [0.5, 0.6) is 0 Å². The minimum absolute atomic E-state index is 0.131. The summed E-state index contributed by atoms with van der Waals surface area (Å²) in [6, 6.07) is -0.675. The van der Waals surface area contributed by atoms with E-state index in [9.17, 15) is 14.4 Å². The number of halogens is 1. The van der Waals surface area contributed by atoms with Gasteiger partial charge >= 0.3 is 11.7 Å². The first-order chi connectivity index (χ1) is 8.42. The van der Waals surface area contributed by atoms with Crippen molar-refractivity contribution < 1.29 is 14.6 Å². The van der Waals surface area contributed by atoms with Crippen molar-refractivity contribution in [3.63, 3.8) is 0 Å². The monoisotopic (exact) mass is 320 g/mol. The van der Waals surface area contributed by atoms with Gasteiger partial charge in [0.15, 0.2) is 0 Å². The Morgan fingerprint density at radius 1 is 1.56 bits per heavy atom. The lowest BCUT2D eigenvalue weighted by molar-refractivity contribution is -0.141. The van der Waals surface area contributed by atoms with E-state index in [0.29, 0.717) is 0 Å². The van der Waals surface area contributed by atoms with Crippen molar-refractivity contribution in [3.8, 4) is 0 Å². The number of carbonyl (C=O) groups is 1. The van der Waals surface area contributed by atoms with Crippen LogP contribution in [0.3, 0.4) is 0 Å². The quantitative estimate of drug-likeness (QED) is 0.755. The molecule has 1 rings (SSSR count). The minimum atomic E-state index is -0.675. The molecule has 0 aliphatic carbocycles. The molecule has 0 unspecified atom stereocenters. The molecule has 1 aromatic rings. The summed E-state index contributed by atoms with van der Waals surface area (Å²) in [6.45, 7) is 0.869. The van der Waals surface area contributed by atoms with Gasteiger partial charge in [-0.3, -0.25) is 18.7 Å². The third kappa shape index (κ3) is 2.88. The molecule has 1 heterocycles. The summed E-state index contributed by atoms with van der Waals surface area (Å²) in [4.78, 5) is 34.9. The van der Waals surface area contributed by atoms with Gasteiger partial charge in [0.1, 0.15) is 6.54 Å². The summed E-state index contributed by atoms with van der Waals surface area (Å²) in [5.74, 6) is -0.606. The summed E-state index contributed by atoms with van der Waals surface area (Å²) < 4.78 is 6.51. The van der Waals surface area contributed by atoms with Gasteiger partial charge in [-0.15, -0.1) is 0 Å². The Hall–Kier alpha value is -1.41. The van der Waals surface area contributed by atoms with Crippen molar-refractivity contribution in [2.75, 3.05) is 13.7 Å². The highest BCUT2D eigenvalue weighted by molar-refractivity contribution is 9.10. The standard InChI is InChI=1S/C10H13BrN2O5/c1-6(5-14)13-9(16)7(11)3-12(10(13)17)4-8(15)18-2/h3,6,14H,4-5H2,1-2H3/t6-/m0/s1. The number of hydrogen-bond donors (Lipinski definition) is 1. The van der Waals surface area contributed by atoms with Gasteiger partial charge in [0.25, 0.3) is 5.56 Å². The van der Waals surface area contributed by atoms with E-state index in [1.165, 1.54) is 20.2 Å². The maximum absolute atomic E-state index is 12.0. The van der Waals surface area contributed by atoms with Crippen LogP contribution in [0.2, 0.25) is 0 Å². The van der Waals surface area contributed by atoms with Crippen LogP contribution >= 0.6 is 15.9 Å². The molecule has 1 N–H and O–H groups in total. The highest BCUT2D eigenvalue weighted by Crippen LogP contribution is 2.03. The van der Waals surface area contributed by atoms with Crippen LogP contribution in [0.4, 0.5) is 0 Å². The predicted molar refractivity (Wildman–Crippen MR) is 66.5 cm³/mol. The fourth-order valence-electron chi connectivity index (χ4n) is 1.37. The van der Waals surface area contributed by atoms with E-state index in [1.54, 1.807) is 0 Å². The maximum atomic E-state index is 12.0. The molecule has 1 aromatic heterocycles.